The normalized spacial score (nSPS) is 21.2. The number of ether oxygens (including phenoxy) is 1. The Bertz CT molecular complexity index is 387. The molecular weight excluding hydrogens is 212 g/mol. The summed E-state index contributed by atoms with van der Waals surface area (Å²) >= 11 is 6.03. The zero-order valence-electron chi connectivity index (χ0n) is 8.63. The van der Waals surface area contributed by atoms with E-state index in [-0.39, 0.29) is 12.1 Å². The van der Waals surface area contributed by atoms with Gasteiger partial charge in [0.15, 0.2) is 0 Å². The fraction of sp³-hybridized carbons (Fsp3) is 0.417. The number of esters is 1. The average molecular weight is 225 g/mol. The first-order valence-corrected chi connectivity index (χ1v) is 5.50. The highest BCUT2D eigenvalue weighted by Gasteiger charge is 2.22. The van der Waals surface area contributed by atoms with Crippen LogP contribution in [0.15, 0.2) is 18.2 Å². The van der Waals surface area contributed by atoms with Gasteiger partial charge in [-0.3, -0.25) is 4.79 Å². The average Bonchev–Trinajstić information content (AvgIpc) is 2.22. The monoisotopic (exact) mass is 224 g/mol. The van der Waals surface area contributed by atoms with Gasteiger partial charge < -0.3 is 4.74 Å². The Balaban J connectivity index is 2.21. The molecule has 0 saturated carbocycles. The van der Waals surface area contributed by atoms with Crippen LogP contribution in [0.2, 0.25) is 5.02 Å². The van der Waals surface area contributed by atoms with Gasteiger partial charge >= 0.3 is 5.97 Å². The van der Waals surface area contributed by atoms with Gasteiger partial charge in [-0.2, -0.15) is 0 Å². The first-order valence-electron chi connectivity index (χ1n) is 5.12. The topological polar surface area (TPSA) is 26.3 Å². The third kappa shape index (κ3) is 2.32. The van der Waals surface area contributed by atoms with Crippen molar-refractivity contribution in [3.05, 3.63) is 34.3 Å². The summed E-state index contributed by atoms with van der Waals surface area (Å²) in [5.41, 5.74) is 2.04. The fourth-order valence-electron chi connectivity index (χ4n) is 1.75. The molecule has 1 fully saturated rings. The van der Waals surface area contributed by atoms with Gasteiger partial charge in [-0.15, -0.1) is 0 Å². The van der Waals surface area contributed by atoms with E-state index in [9.17, 15) is 4.79 Å². The van der Waals surface area contributed by atoms with Crippen molar-refractivity contribution in [3.8, 4) is 0 Å². The van der Waals surface area contributed by atoms with E-state index in [4.69, 9.17) is 16.3 Å². The molecule has 15 heavy (non-hydrogen) atoms. The van der Waals surface area contributed by atoms with Crippen molar-refractivity contribution in [1.29, 1.82) is 0 Å². The number of benzene rings is 1. The van der Waals surface area contributed by atoms with Crippen LogP contribution in [0.5, 0.6) is 0 Å². The van der Waals surface area contributed by atoms with Crippen LogP contribution in [0.25, 0.3) is 0 Å². The van der Waals surface area contributed by atoms with Gasteiger partial charge in [-0.05, 0) is 37.0 Å². The number of hydrogen-bond acceptors (Lipinski definition) is 2. The van der Waals surface area contributed by atoms with Gasteiger partial charge in [0.2, 0.25) is 0 Å². The molecule has 1 unspecified atom stereocenters. The van der Waals surface area contributed by atoms with Gasteiger partial charge in [-0.25, -0.2) is 0 Å². The molecule has 1 saturated heterocycles. The highest BCUT2D eigenvalue weighted by Crippen LogP contribution is 2.30. The lowest BCUT2D eigenvalue weighted by atomic mass is 10.0. The zero-order valence-corrected chi connectivity index (χ0v) is 9.38. The van der Waals surface area contributed by atoms with Crippen molar-refractivity contribution in [2.45, 2.75) is 32.3 Å². The van der Waals surface area contributed by atoms with Crippen LogP contribution >= 0.6 is 11.6 Å². The summed E-state index contributed by atoms with van der Waals surface area (Å²) in [5, 5.41) is 0.731. The predicted molar refractivity (Wildman–Crippen MR) is 58.9 cm³/mol. The second-order valence-electron chi connectivity index (χ2n) is 3.88. The lowest BCUT2D eigenvalue weighted by Gasteiger charge is -2.22. The second kappa shape index (κ2) is 4.23. The van der Waals surface area contributed by atoms with Gasteiger partial charge in [0.05, 0.1) is 0 Å². The number of halogens is 1. The maximum atomic E-state index is 11.1. The molecule has 2 nitrogen and oxygen atoms in total. The van der Waals surface area contributed by atoms with Crippen molar-refractivity contribution >= 4 is 17.6 Å². The highest BCUT2D eigenvalue weighted by atomic mass is 35.5. The van der Waals surface area contributed by atoms with Crippen molar-refractivity contribution in [2.75, 3.05) is 0 Å². The van der Waals surface area contributed by atoms with Gasteiger partial charge in [0.25, 0.3) is 0 Å². The lowest BCUT2D eigenvalue weighted by molar-refractivity contribution is -0.154. The summed E-state index contributed by atoms with van der Waals surface area (Å²) in [7, 11) is 0. The number of carbonyl (C=O) groups excluding carboxylic acids is 1. The van der Waals surface area contributed by atoms with E-state index in [1.807, 2.05) is 25.1 Å². The Morgan fingerprint density at radius 1 is 1.47 bits per heavy atom. The second-order valence-corrected chi connectivity index (χ2v) is 4.29. The molecule has 0 amide bonds. The third-order valence-corrected chi connectivity index (χ3v) is 3.10. The first-order chi connectivity index (χ1) is 7.16. The SMILES string of the molecule is Cc1ccc(C2CCCC(=O)O2)cc1Cl. The number of rotatable bonds is 1. The molecule has 80 valence electrons. The van der Waals surface area contributed by atoms with Crippen molar-refractivity contribution in [2.24, 2.45) is 0 Å². The van der Waals surface area contributed by atoms with E-state index < -0.39 is 0 Å². The van der Waals surface area contributed by atoms with Gasteiger partial charge in [0.1, 0.15) is 6.10 Å². The predicted octanol–water partition coefficient (Wildman–Crippen LogP) is 3.42. The van der Waals surface area contributed by atoms with E-state index >= 15 is 0 Å². The summed E-state index contributed by atoms with van der Waals surface area (Å²) in [5.74, 6) is -0.108. The largest absolute Gasteiger partial charge is 0.457 e. The maximum Gasteiger partial charge on any atom is 0.306 e. The fourth-order valence-corrected chi connectivity index (χ4v) is 1.94. The Morgan fingerprint density at radius 3 is 2.93 bits per heavy atom. The molecular formula is C12H13ClO2. The summed E-state index contributed by atoms with van der Waals surface area (Å²) in [6.45, 7) is 1.96. The molecule has 3 heteroatoms. The minimum Gasteiger partial charge on any atom is -0.457 e. The van der Waals surface area contributed by atoms with E-state index in [2.05, 4.69) is 0 Å². The maximum absolute atomic E-state index is 11.1. The van der Waals surface area contributed by atoms with E-state index in [1.165, 1.54) is 0 Å². The van der Waals surface area contributed by atoms with Crippen LogP contribution in [0.4, 0.5) is 0 Å². The van der Waals surface area contributed by atoms with E-state index in [0.29, 0.717) is 6.42 Å². The molecule has 0 N–H and O–H groups in total. The van der Waals surface area contributed by atoms with E-state index in [0.717, 1.165) is 29.0 Å². The van der Waals surface area contributed by atoms with Crippen LogP contribution in [0.3, 0.4) is 0 Å². The highest BCUT2D eigenvalue weighted by molar-refractivity contribution is 6.31. The Labute approximate surface area is 94.2 Å². The molecule has 0 aliphatic carbocycles. The summed E-state index contributed by atoms with van der Waals surface area (Å²) in [6, 6.07) is 5.82. The molecule has 1 aromatic rings. The number of hydrogen-bond donors (Lipinski definition) is 0. The van der Waals surface area contributed by atoms with Crippen molar-refractivity contribution in [1.82, 2.24) is 0 Å². The lowest BCUT2D eigenvalue weighted by Crippen LogP contribution is -2.16. The van der Waals surface area contributed by atoms with Crippen LogP contribution in [0.1, 0.15) is 36.5 Å². The molecule has 0 radical (unpaired) electrons. The van der Waals surface area contributed by atoms with Crippen LogP contribution in [-0.4, -0.2) is 5.97 Å². The molecule has 1 heterocycles. The van der Waals surface area contributed by atoms with Gasteiger partial charge in [-0.1, -0.05) is 23.7 Å². The summed E-state index contributed by atoms with van der Waals surface area (Å²) in [6.07, 6.45) is 2.22. The summed E-state index contributed by atoms with van der Waals surface area (Å²) < 4.78 is 5.27. The van der Waals surface area contributed by atoms with Crippen LogP contribution in [-0.2, 0) is 9.53 Å². The first kappa shape index (κ1) is 10.5. The standard InChI is InChI=1S/C12H13ClO2/c1-8-5-6-9(7-10(8)13)11-3-2-4-12(14)15-11/h5-7,11H,2-4H2,1H3. The van der Waals surface area contributed by atoms with Crippen molar-refractivity contribution in [3.63, 3.8) is 0 Å². The Kier molecular flexibility index (Phi) is 2.96. The number of aryl methyl sites for hydroxylation is 1. The zero-order chi connectivity index (χ0) is 10.8. The molecule has 1 atom stereocenters. The van der Waals surface area contributed by atoms with E-state index in [1.54, 1.807) is 0 Å². The van der Waals surface area contributed by atoms with Crippen LogP contribution < -0.4 is 0 Å². The Hall–Kier alpha value is -1.02. The molecule has 1 aliphatic rings. The summed E-state index contributed by atoms with van der Waals surface area (Å²) in [4.78, 5) is 11.1. The van der Waals surface area contributed by atoms with Crippen molar-refractivity contribution < 1.29 is 9.53 Å². The number of carbonyl (C=O) groups is 1. The quantitative estimate of drug-likeness (QED) is 0.684. The number of cyclic esters (lactones) is 1. The molecule has 1 aromatic carbocycles. The Morgan fingerprint density at radius 2 is 2.27 bits per heavy atom. The molecule has 0 spiro atoms. The molecule has 1 aliphatic heterocycles. The molecule has 0 aromatic heterocycles. The molecule has 0 bridgehead atoms. The third-order valence-electron chi connectivity index (χ3n) is 2.69. The smallest absolute Gasteiger partial charge is 0.306 e. The minimum absolute atomic E-state index is 0.107. The van der Waals surface area contributed by atoms with Crippen LogP contribution in [0, 0.1) is 6.92 Å². The van der Waals surface area contributed by atoms with Gasteiger partial charge in [0, 0.05) is 11.4 Å². The minimum atomic E-state index is -0.108. The molecule has 2 rings (SSSR count).